The quantitative estimate of drug-likeness (QED) is 0.354. The lowest BCUT2D eigenvalue weighted by Gasteiger charge is -2.20. The number of benzene rings is 1. The second-order valence-corrected chi connectivity index (χ2v) is 8.36. The molecule has 29 heavy (non-hydrogen) atoms. The first-order valence-electron chi connectivity index (χ1n) is 10.5. The van der Waals surface area contributed by atoms with Gasteiger partial charge in [-0.1, -0.05) is 12.1 Å². The molecular weight excluding hydrogens is 366 g/mol. The molecule has 0 radical (unpaired) electrons. The molecule has 0 atom stereocenters. The van der Waals surface area contributed by atoms with E-state index in [1.165, 1.54) is 0 Å². The summed E-state index contributed by atoms with van der Waals surface area (Å²) in [7, 11) is 0. The molecule has 2 rings (SSSR count). The summed E-state index contributed by atoms with van der Waals surface area (Å²) >= 11 is 0. The van der Waals surface area contributed by atoms with Crippen molar-refractivity contribution in [1.82, 2.24) is 20.9 Å². The molecule has 0 aromatic heterocycles. The monoisotopic (exact) mass is 401 g/mol. The molecule has 0 spiro atoms. The minimum Gasteiger partial charge on any atom is -0.357 e. The Morgan fingerprint density at radius 1 is 1.24 bits per heavy atom. The lowest BCUT2D eigenvalue weighted by Crippen LogP contribution is -2.40. The van der Waals surface area contributed by atoms with Gasteiger partial charge >= 0.3 is 0 Å². The summed E-state index contributed by atoms with van der Waals surface area (Å²) in [6.07, 6.45) is 2.55. The van der Waals surface area contributed by atoms with Gasteiger partial charge in [0.05, 0.1) is 6.54 Å². The first-order valence-corrected chi connectivity index (χ1v) is 10.5. The zero-order valence-electron chi connectivity index (χ0n) is 18.2. The molecule has 0 unspecified atom stereocenters. The maximum absolute atomic E-state index is 12.4. The van der Waals surface area contributed by atoms with E-state index >= 15 is 0 Å². The number of amides is 2. The lowest BCUT2D eigenvalue weighted by molar-refractivity contribution is -0.127. The van der Waals surface area contributed by atoms with Gasteiger partial charge in [0.1, 0.15) is 0 Å². The van der Waals surface area contributed by atoms with E-state index in [-0.39, 0.29) is 17.4 Å². The van der Waals surface area contributed by atoms with Crippen LogP contribution in [0, 0.1) is 0 Å². The molecule has 7 heteroatoms. The third kappa shape index (κ3) is 8.13. The van der Waals surface area contributed by atoms with E-state index < -0.39 is 0 Å². The normalized spacial score (nSPS) is 14.8. The summed E-state index contributed by atoms with van der Waals surface area (Å²) in [4.78, 5) is 30.6. The molecule has 3 N–H and O–H groups in total. The number of carbonyl (C=O) groups excluding carboxylic acids is 2. The Kier molecular flexibility index (Phi) is 8.49. The van der Waals surface area contributed by atoms with Crippen LogP contribution in [0.15, 0.2) is 29.3 Å². The molecule has 0 saturated carbocycles. The molecule has 160 valence electrons. The van der Waals surface area contributed by atoms with E-state index in [0.717, 1.165) is 50.5 Å². The van der Waals surface area contributed by atoms with Crippen LogP contribution < -0.4 is 16.0 Å². The van der Waals surface area contributed by atoms with Crippen LogP contribution in [0.5, 0.6) is 0 Å². The van der Waals surface area contributed by atoms with E-state index in [2.05, 4.69) is 20.9 Å². The minimum absolute atomic E-state index is 0.0789. The van der Waals surface area contributed by atoms with Crippen molar-refractivity contribution in [2.24, 2.45) is 4.99 Å². The van der Waals surface area contributed by atoms with Gasteiger partial charge < -0.3 is 20.9 Å². The Hall–Kier alpha value is -2.57. The van der Waals surface area contributed by atoms with E-state index in [0.29, 0.717) is 18.5 Å². The van der Waals surface area contributed by atoms with Gasteiger partial charge in [-0.15, -0.1) is 0 Å². The van der Waals surface area contributed by atoms with Crippen molar-refractivity contribution in [2.75, 3.05) is 26.2 Å². The van der Waals surface area contributed by atoms with Gasteiger partial charge in [0, 0.05) is 43.7 Å². The van der Waals surface area contributed by atoms with Crippen molar-refractivity contribution < 1.29 is 9.59 Å². The van der Waals surface area contributed by atoms with E-state index in [1.54, 1.807) is 0 Å². The van der Waals surface area contributed by atoms with Crippen molar-refractivity contribution in [3.05, 3.63) is 35.4 Å². The fourth-order valence-electron chi connectivity index (χ4n) is 3.15. The van der Waals surface area contributed by atoms with Gasteiger partial charge in [0.15, 0.2) is 5.96 Å². The summed E-state index contributed by atoms with van der Waals surface area (Å²) < 4.78 is 0. The van der Waals surface area contributed by atoms with E-state index in [9.17, 15) is 9.59 Å². The maximum Gasteiger partial charge on any atom is 0.251 e. The standard InChI is InChI=1S/C22H35N5O2/c1-5-23-21(24-12-8-14-27-13-7-11-19(27)28)25-16-17-9-6-10-18(15-17)20(29)26-22(2,3)4/h6,9-10,15H,5,7-8,11-14,16H2,1-4H3,(H,26,29)(H2,23,24,25). The van der Waals surface area contributed by atoms with Gasteiger partial charge in [-0.2, -0.15) is 0 Å². The highest BCUT2D eigenvalue weighted by Crippen LogP contribution is 2.10. The molecule has 7 nitrogen and oxygen atoms in total. The molecule has 1 aliphatic rings. The van der Waals surface area contributed by atoms with Crippen LogP contribution in [0.2, 0.25) is 0 Å². The zero-order chi connectivity index (χ0) is 21.3. The summed E-state index contributed by atoms with van der Waals surface area (Å²) in [5.41, 5.74) is 1.35. The molecule has 1 aliphatic heterocycles. The highest BCUT2D eigenvalue weighted by Gasteiger charge is 2.19. The van der Waals surface area contributed by atoms with Crippen LogP contribution in [0.4, 0.5) is 0 Å². The highest BCUT2D eigenvalue weighted by molar-refractivity contribution is 5.94. The van der Waals surface area contributed by atoms with Crippen molar-refractivity contribution in [1.29, 1.82) is 0 Å². The molecule has 1 fully saturated rings. The Labute approximate surface area is 174 Å². The number of nitrogens with one attached hydrogen (secondary N) is 3. The molecule has 1 saturated heterocycles. The zero-order valence-corrected chi connectivity index (χ0v) is 18.2. The van der Waals surface area contributed by atoms with E-state index in [4.69, 9.17) is 0 Å². The number of rotatable bonds is 8. The van der Waals surface area contributed by atoms with Crippen molar-refractivity contribution in [3.63, 3.8) is 0 Å². The number of hydrogen-bond donors (Lipinski definition) is 3. The fourth-order valence-corrected chi connectivity index (χ4v) is 3.15. The fraction of sp³-hybridized carbons (Fsp3) is 0.591. The summed E-state index contributed by atoms with van der Waals surface area (Å²) in [6.45, 7) is 11.6. The SMILES string of the molecule is CCNC(=NCc1cccc(C(=O)NC(C)(C)C)c1)NCCCN1CCCC1=O. The molecule has 2 amide bonds. The summed E-state index contributed by atoms with van der Waals surface area (Å²) in [6, 6.07) is 7.56. The van der Waals surface area contributed by atoms with Gasteiger partial charge in [-0.3, -0.25) is 9.59 Å². The number of aliphatic imine (C=N–C) groups is 1. The predicted octanol–water partition coefficient (Wildman–Crippen LogP) is 2.28. The van der Waals surface area contributed by atoms with Crippen LogP contribution in [-0.4, -0.2) is 54.4 Å². The second kappa shape index (κ2) is 10.8. The smallest absolute Gasteiger partial charge is 0.251 e. The minimum atomic E-state index is -0.271. The van der Waals surface area contributed by atoms with Crippen molar-refractivity contribution in [2.45, 2.75) is 59.0 Å². The van der Waals surface area contributed by atoms with Crippen LogP contribution in [0.25, 0.3) is 0 Å². The molecule has 0 bridgehead atoms. The van der Waals surface area contributed by atoms with Gasteiger partial charge in [-0.25, -0.2) is 4.99 Å². The van der Waals surface area contributed by atoms with Crippen LogP contribution in [-0.2, 0) is 11.3 Å². The number of carbonyl (C=O) groups is 2. The maximum atomic E-state index is 12.4. The average molecular weight is 402 g/mol. The van der Waals surface area contributed by atoms with Gasteiger partial charge in [0.2, 0.25) is 5.91 Å². The number of likely N-dealkylation sites (tertiary alicyclic amines) is 1. The first-order chi connectivity index (χ1) is 13.8. The average Bonchev–Trinajstić information content (AvgIpc) is 3.07. The van der Waals surface area contributed by atoms with Crippen LogP contribution >= 0.6 is 0 Å². The molecule has 1 aromatic rings. The third-order valence-electron chi connectivity index (χ3n) is 4.51. The molecule has 1 heterocycles. The lowest BCUT2D eigenvalue weighted by atomic mass is 10.1. The molecule has 1 aromatic carbocycles. The second-order valence-electron chi connectivity index (χ2n) is 8.36. The highest BCUT2D eigenvalue weighted by atomic mass is 16.2. The Morgan fingerprint density at radius 3 is 2.69 bits per heavy atom. The summed E-state index contributed by atoms with van der Waals surface area (Å²) in [5, 5.41) is 9.54. The predicted molar refractivity (Wildman–Crippen MR) is 117 cm³/mol. The number of hydrogen-bond acceptors (Lipinski definition) is 3. The van der Waals surface area contributed by atoms with E-state index in [1.807, 2.05) is 56.9 Å². The number of nitrogens with zero attached hydrogens (tertiary/aromatic N) is 2. The first kappa shape index (κ1) is 22.7. The van der Waals surface area contributed by atoms with Crippen LogP contribution in [0.3, 0.4) is 0 Å². The Morgan fingerprint density at radius 2 is 2.03 bits per heavy atom. The van der Waals surface area contributed by atoms with Crippen molar-refractivity contribution in [3.8, 4) is 0 Å². The molecule has 0 aliphatic carbocycles. The molecular formula is C22H35N5O2. The Balaban J connectivity index is 1.87. The Bertz CT molecular complexity index is 724. The summed E-state index contributed by atoms with van der Waals surface area (Å²) in [5.74, 6) is 0.926. The largest absolute Gasteiger partial charge is 0.357 e. The van der Waals surface area contributed by atoms with Crippen LogP contribution in [0.1, 0.15) is 62.9 Å². The topological polar surface area (TPSA) is 85.8 Å². The van der Waals surface area contributed by atoms with Gasteiger partial charge in [-0.05, 0) is 58.2 Å². The number of guanidine groups is 1. The van der Waals surface area contributed by atoms with Gasteiger partial charge in [0.25, 0.3) is 5.91 Å². The van der Waals surface area contributed by atoms with Crippen molar-refractivity contribution >= 4 is 17.8 Å². The third-order valence-corrected chi connectivity index (χ3v) is 4.51.